The zero-order valence-electron chi connectivity index (χ0n) is 12.0. The molecule has 6 nitrogen and oxygen atoms in total. The number of amides is 2. The Labute approximate surface area is 123 Å². The summed E-state index contributed by atoms with van der Waals surface area (Å²) in [6, 6.07) is 4.17. The van der Waals surface area contributed by atoms with Crippen molar-refractivity contribution in [2.75, 3.05) is 22.9 Å². The fourth-order valence-corrected chi connectivity index (χ4v) is 3.23. The van der Waals surface area contributed by atoms with Gasteiger partial charge in [-0.25, -0.2) is 4.98 Å². The van der Waals surface area contributed by atoms with E-state index in [1.54, 1.807) is 17.9 Å². The maximum absolute atomic E-state index is 12.1. The number of hydrogen-bond acceptors (Lipinski definition) is 4. The fraction of sp³-hybridized carbons (Fsp3) is 0.533. The van der Waals surface area contributed by atoms with Crippen molar-refractivity contribution in [2.45, 2.75) is 38.3 Å². The number of carbonyl (C=O) groups is 2. The van der Waals surface area contributed by atoms with E-state index in [1.165, 1.54) is 0 Å². The molecule has 1 aromatic rings. The zero-order chi connectivity index (χ0) is 14.6. The molecule has 2 fully saturated rings. The normalized spacial score (nSPS) is 23.0. The van der Waals surface area contributed by atoms with Crippen LogP contribution < -0.4 is 15.1 Å². The van der Waals surface area contributed by atoms with Gasteiger partial charge in [0.15, 0.2) is 5.82 Å². The first-order valence-corrected chi connectivity index (χ1v) is 7.50. The van der Waals surface area contributed by atoms with Crippen molar-refractivity contribution in [3.05, 3.63) is 17.8 Å². The number of anilines is 2. The number of pyridine rings is 1. The van der Waals surface area contributed by atoms with Crippen LogP contribution in [0.2, 0.25) is 0 Å². The molecule has 1 saturated heterocycles. The minimum atomic E-state index is -0.142. The molecule has 1 atom stereocenters. The van der Waals surface area contributed by atoms with Crippen molar-refractivity contribution < 1.29 is 9.59 Å². The summed E-state index contributed by atoms with van der Waals surface area (Å²) in [6.45, 7) is 3.37. The minimum Gasteiger partial charge on any atom is -0.366 e. The number of nitrogens with zero attached hydrogens (tertiary/aromatic N) is 3. The van der Waals surface area contributed by atoms with Gasteiger partial charge in [0.1, 0.15) is 5.69 Å². The molecule has 6 heteroatoms. The van der Waals surface area contributed by atoms with Crippen LogP contribution >= 0.6 is 0 Å². The van der Waals surface area contributed by atoms with Crippen molar-refractivity contribution in [1.29, 1.82) is 0 Å². The lowest BCUT2D eigenvalue weighted by Crippen LogP contribution is -2.45. The van der Waals surface area contributed by atoms with E-state index in [4.69, 9.17) is 0 Å². The van der Waals surface area contributed by atoms with Crippen LogP contribution in [0.4, 0.5) is 11.5 Å². The largest absolute Gasteiger partial charge is 0.366 e. The van der Waals surface area contributed by atoms with Crippen LogP contribution in [-0.2, 0) is 4.79 Å². The van der Waals surface area contributed by atoms with Crippen molar-refractivity contribution >= 4 is 23.3 Å². The van der Waals surface area contributed by atoms with Crippen LogP contribution in [0.25, 0.3) is 0 Å². The van der Waals surface area contributed by atoms with E-state index >= 15 is 0 Å². The molecule has 4 rings (SSSR count). The topological polar surface area (TPSA) is 65.5 Å². The van der Waals surface area contributed by atoms with E-state index in [0.717, 1.165) is 38.0 Å². The molecule has 1 aliphatic carbocycles. The fourth-order valence-electron chi connectivity index (χ4n) is 3.23. The Morgan fingerprint density at radius 1 is 1.29 bits per heavy atom. The third-order valence-electron chi connectivity index (χ3n) is 4.44. The van der Waals surface area contributed by atoms with Gasteiger partial charge in [0, 0.05) is 26.1 Å². The van der Waals surface area contributed by atoms with E-state index in [0.29, 0.717) is 17.6 Å². The van der Waals surface area contributed by atoms with Crippen molar-refractivity contribution in [3.63, 3.8) is 0 Å². The van der Waals surface area contributed by atoms with Gasteiger partial charge in [0.25, 0.3) is 5.91 Å². The zero-order valence-corrected chi connectivity index (χ0v) is 12.0. The Bertz CT molecular complexity index is 626. The van der Waals surface area contributed by atoms with Gasteiger partial charge in [-0.1, -0.05) is 0 Å². The lowest BCUT2D eigenvalue weighted by atomic mass is 10.1. The molecule has 1 saturated carbocycles. The molecule has 0 aromatic carbocycles. The third-order valence-corrected chi connectivity index (χ3v) is 4.44. The van der Waals surface area contributed by atoms with Gasteiger partial charge in [0.05, 0.1) is 11.7 Å². The molecule has 1 aromatic heterocycles. The highest BCUT2D eigenvalue weighted by Crippen LogP contribution is 2.38. The van der Waals surface area contributed by atoms with E-state index in [9.17, 15) is 9.59 Å². The number of nitrogens with one attached hydrogen (secondary N) is 1. The molecule has 2 bridgehead atoms. The van der Waals surface area contributed by atoms with Crippen LogP contribution in [-0.4, -0.2) is 42.0 Å². The molecule has 3 heterocycles. The van der Waals surface area contributed by atoms with Gasteiger partial charge >= 0.3 is 0 Å². The molecule has 2 aliphatic heterocycles. The molecule has 21 heavy (non-hydrogen) atoms. The van der Waals surface area contributed by atoms with Gasteiger partial charge < -0.3 is 10.2 Å². The van der Waals surface area contributed by atoms with Crippen molar-refractivity contribution in [3.8, 4) is 0 Å². The number of rotatable bonds is 2. The minimum absolute atomic E-state index is 0.00458. The first-order chi connectivity index (χ1) is 10.1. The highest BCUT2D eigenvalue weighted by Gasteiger charge is 2.39. The monoisotopic (exact) mass is 286 g/mol. The Hall–Kier alpha value is -2.11. The Morgan fingerprint density at radius 2 is 2.10 bits per heavy atom. The van der Waals surface area contributed by atoms with E-state index in [2.05, 4.69) is 15.2 Å². The summed E-state index contributed by atoms with van der Waals surface area (Å²) in [6.07, 6.45) is 3.05. The van der Waals surface area contributed by atoms with Crippen LogP contribution in [0.3, 0.4) is 0 Å². The van der Waals surface area contributed by atoms with Gasteiger partial charge in [-0.05, 0) is 31.4 Å². The highest BCUT2D eigenvalue weighted by molar-refractivity contribution is 5.99. The summed E-state index contributed by atoms with van der Waals surface area (Å²) in [7, 11) is 0. The van der Waals surface area contributed by atoms with E-state index < -0.39 is 0 Å². The predicted octanol–water partition coefficient (Wildman–Crippen LogP) is 0.919. The number of carbonyl (C=O) groups excluding carboxylic acids is 2. The third kappa shape index (κ3) is 2.05. The molecule has 3 aliphatic rings. The van der Waals surface area contributed by atoms with Gasteiger partial charge in [-0.15, -0.1) is 0 Å². The summed E-state index contributed by atoms with van der Waals surface area (Å²) in [4.78, 5) is 32.6. The average molecular weight is 286 g/mol. The molecule has 1 N–H and O–H groups in total. The van der Waals surface area contributed by atoms with E-state index in [-0.39, 0.29) is 17.9 Å². The highest BCUT2D eigenvalue weighted by atomic mass is 16.2. The second-order valence-electron chi connectivity index (χ2n) is 6.06. The average Bonchev–Trinajstić information content (AvgIpc) is 3.18. The maximum Gasteiger partial charge on any atom is 0.270 e. The molecule has 0 spiro atoms. The first-order valence-electron chi connectivity index (χ1n) is 7.50. The Morgan fingerprint density at radius 3 is 2.81 bits per heavy atom. The quantitative estimate of drug-likeness (QED) is 0.878. The standard InChI is InChI=1S/C15H18N4O2/c1-9(20)19-11-6-7-18(8-11)13-5-4-12(17-14(13)19)15(21)16-10-2-3-10/h4-5,10-11H,2-3,6-8H2,1H3,(H,16,21). The molecule has 1 unspecified atom stereocenters. The van der Waals surface area contributed by atoms with Crippen molar-refractivity contribution in [2.24, 2.45) is 0 Å². The lowest BCUT2D eigenvalue weighted by molar-refractivity contribution is -0.117. The lowest BCUT2D eigenvalue weighted by Gasteiger charge is -2.35. The Balaban J connectivity index is 1.72. The molecule has 0 radical (unpaired) electrons. The number of hydrogen-bond donors (Lipinski definition) is 1. The smallest absolute Gasteiger partial charge is 0.270 e. The SMILES string of the molecule is CC(=O)N1c2nc(C(=O)NC3CC3)ccc2N2CCC1C2. The van der Waals surface area contributed by atoms with Crippen LogP contribution in [0.15, 0.2) is 12.1 Å². The van der Waals surface area contributed by atoms with Gasteiger partial charge in [0.2, 0.25) is 5.91 Å². The molecular weight excluding hydrogens is 268 g/mol. The number of aromatic nitrogens is 1. The molecular formula is C15H18N4O2. The number of fused-ring (bicyclic) bond motifs is 4. The van der Waals surface area contributed by atoms with Crippen LogP contribution in [0.5, 0.6) is 0 Å². The Kier molecular flexibility index (Phi) is 2.67. The first kappa shape index (κ1) is 12.6. The second kappa shape index (κ2) is 4.44. The summed E-state index contributed by atoms with van der Waals surface area (Å²) in [5.41, 5.74) is 1.36. The van der Waals surface area contributed by atoms with Crippen LogP contribution in [0.1, 0.15) is 36.7 Å². The predicted molar refractivity (Wildman–Crippen MR) is 78.5 cm³/mol. The summed E-state index contributed by atoms with van der Waals surface area (Å²) < 4.78 is 0. The summed E-state index contributed by atoms with van der Waals surface area (Å²) in [5, 5.41) is 2.94. The van der Waals surface area contributed by atoms with Crippen LogP contribution in [0, 0.1) is 0 Å². The van der Waals surface area contributed by atoms with Crippen molar-refractivity contribution in [1.82, 2.24) is 10.3 Å². The second-order valence-corrected chi connectivity index (χ2v) is 6.06. The summed E-state index contributed by atoms with van der Waals surface area (Å²) >= 11 is 0. The van der Waals surface area contributed by atoms with Gasteiger partial charge in [-0.3, -0.25) is 14.5 Å². The van der Waals surface area contributed by atoms with Gasteiger partial charge in [-0.2, -0.15) is 0 Å². The summed E-state index contributed by atoms with van der Waals surface area (Å²) in [5.74, 6) is 0.492. The molecule has 2 amide bonds. The molecule has 110 valence electrons. The van der Waals surface area contributed by atoms with E-state index in [1.807, 2.05) is 6.07 Å². The maximum atomic E-state index is 12.1.